The minimum Gasteiger partial charge on any atom is -0.507 e. The predicted octanol–water partition coefficient (Wildman–Crippen LogP) is 4.18. The lowest BCUT2D eigenvalue weighted by Crippen LogP contribution is -2.03. The molecule has 0 atom stereocenters. The molecule has 0 aliphatic rings. The van der Waals surface area contributed by atoms with Crippen LogP contribution in [-0.4, -0.2) is 20.1 Å². The normalized spacial score (nSPS) is 10.9. The van der Waals surface area contributed by atoms with Crippen molar-refractivity contribution in [3.05, 3.63) is 51.5 Å². The largest absolute Gasteiger partial charge is 0.507 e. The van der Waals surface area contributed by atoms with Crippen LogP contribution in [0.1, 0.15) is 0 Å². The highest BCUT2D eigenvalue weighted by Gasteiger charge is 2.18. The third-order valence-corrected chi connectivity index (χ3v) is 3.83. The van der Waals surface area contributed by atoms with E-state index in [0.29, 0.717) is 32.0 Å². The standard InChI is InChI=1S/C14H9Cl3N4O/c15-7-2-4-12(22)9(5-7)13-14(18)21(20-19-13)11-3-1-8(16)6-10(11)17/h1-6,22H,18H2. The minimum absolute atomic E-state index is 0.00496. The Morgan fingerprint density at radius 2 is 1.68 bits per heavy atom. The molecule has 0 aliphatic carbocycles. The highest BCUT2D eigenvalue weighted by atomic mass is 35.5. The molecule has 0 saturated heterocycles. The number of nitrogens with two attached hydrogens (primary N) is 1. The number of benzene rings is 2. The zero-order chi connectivity index (χ0) is 15.9. The quantitative estimate of drug-likeness (QED) is 0.723. The Kier molecular flexibility index (Phi) is 3.87. The van der Waals surface area contributed by atoms with Gasteiger partial charge in [0.15, 0.2) is 5.82 Å². The summed E-state index contributed by atoms with van der Waals surface area (Å²) >= 11 is 18.0. The summed E-state index contributed by atoms with van der Waals surface area (Å²) in [6.07, 6.45) is 0. The average molecular weight is 356 g/mol. The molecular formula is C14H9Cl3N4O. The molecule has 3 aromatic rings. The molecule has 1 aromatic heterocycles. The van der Waals surface area contributed by atoms with Gasteiger partial charge in [-0.05, 0) is 36.4 Å². The molecule has 0 amide bonds. The highest BCUT2D eigenvalue weighted by Crippen LogP contribution is 2.35. The first-order chi connectivity index (χ1) is 10.5. The fourth-order valence-corrected chi connectivity index (χ4v) is 2.67. The van der Waals surface area contributed by atoms with E-state index in [1.165, 1.54) is 10.7 Å². The van der Waals surface area contributed by atoms with Gasteiger partial charge >= 0.3 is 0 Å². The Balaban J connectivity index is 2.15. The molecule has 112 valence electrons. The van der Waals surface area contributed by atoms with Gasteiger partial charge in [0, 0.05) is 15.6 Å². The summed E-state index contributed by atoms with van der Waals surface area (Å²) in [6, 6.07) is 9.52. The number of nitrogen functional groups attached to an aromatic ring is 1. The van der Waals surface area contributed by atoms with Gasteiger partial charge in [0.25, 0.3) is 0 Å². The number of aromatic hydroxyl groups is 1. The zero-order valence-electron chi connectivity index (χ0n) is 11.0. The number of phenols is 1. The van der Waals surface area contributed by atoms with E-state index in [0.717, 1.165) is 0 Å². The molecule has 3 rings (SSSR count). The Morgan fingerprint density at radius 3 is 2.41 bits per heavy atom. The summed E-state index contributed by atoms with van der Waals surface area (Å²) in [5, 5.41) is 19.3. The molecular weight excluding hydrogens is 347 g/mol. The zero-order valence-corrected chi connectivity index (χ0v) is 13.2. The smallest absolute Gasteiger partial charge is 0.156 e. The molecule has 22 heavy (non-hydrogen) atoms. The van der Waals surface area contributed by atoms with Crippen LogP contribution in [0.4, 0.5) is 5.82 Å². The lowest BCUT2D eigenvalue weighted by Gasteiger charge is -2.07. The highest BCUT2D eigenvalue weighted by molar-refractivity contribution is 6.35. The van der Waals surface area contributed by atoms with Gasteiger partial charge in [-0.2, -0.15) is 4.68 Å². The van der Waals surface area contributed by atoms with Crippen LogP contribution in [0, 0.1) is 0 Å². The molecule has 0 radical (unpaired) electrons. The fourth-order valence-electron chi connectivity index (χ4n) is 2.01. The molecule has 2 aromatic carbocycles. The van der Waals surface area contributed by atoms with Gasteiger partial charge in [0.05, 0.1) is 10.7 Å². The van der Waals surface area contributed by atoms with Gasteiger partial charge in [-0.1, -0.05) is 40.0 Å². The maximum absolute atomic E-state index is 9.95. The van der Waals surface area contributed by atoms with Gasteiger partial charge in [0.2, 0.25) is 0 Å². The van der Waals surface area contributed by atoms with Crippen LogP contribution >= 0.6 is 34.8 Å². The number of hydrogen-bond donors (Lipinski definition) is 2. The van der Waals surface area contributed by atoms with Crippen LogP contribution in [0.5, 0.6) is 5.75 Å². The molecule has 0 unspecified atom stereocenters. The van der Waals surface area contributed by atoms with E-state index in [4.69, 9.17) is 40.5 Å². The van der Waals surface area contributed by atoms with Crippen LogP contribution in [-0.2, 0) is 0 Å². The second-order valence-corrected chi connectivity index (χ2v) is 5.77. The molecule has 1 heterocycles. The third-order valence-electron chi connectivity index (χ3n) is 3.06. The molecule has 0 spiro atoms. The monoisotopic (exact) mass is 354 g/mol. The topological polar surface area (TPSA) is 77.0 Å². The molecule has 0 fully saturated rings. The van der Waals surface area contributed by atoms with Crippen molar-refractivity contribution in [3.63, 3.8) is 0 Å². The van der Waals surface area contributed by atoms with Crippen LogP contribution in [0.2, 0.25) is 15.1 Å². The van der Waals surface area contributed by atoms with Crippen molar-refractivity contribution in [1.29, 1.82) is 0 Å². The Morgan fingerprint density at radius 1 is 1.00 bits per heavy atom. The fraction of sp³-hybridized carbons (Fsp3) is 0. The first kappa shape index (κ1) is 15.0. The van der Waals surface area contributed by atoms with Gasteiger partial charge in [0.1, 0.15) is 11.4 Å². The van der Waals surface area contributed by atoms with Crippen LogP contribution in [0.3, 0.4) is 0 Å². The van der Waals surface area contributed by atoms with Crippen LogP contribution in [0.15, 0.2) is 36.4 Å². The summed E-state index contributed by atoms with van der Waals surface area (Å²) in [6.45, 7) is 0. The van der Waals surface area contributed by atoms with E-state index in [1.807, 2.05) is 0 Å². The van der Waals surface area contributed by atoms with Gasteiger partial charge in [-0.25, -0.2) is 0 Å². The van der Waals surface area contributed by atoms with Crippen molar-refractivity contribution in [3.8, 4) is 22.7 Å². The first-order valence-corrected chi connectivity index (χ1v) is 7.26. The SMILES string of the molecule is Nc1c(-c2cc(Cl)ccc2O)nnn1-c1ccc(Cl)cc1Cl. The van der Waals surface area contributed by atoms with Crippen molar-refractivity contribution in [2.24, 2.45) is 0 Å². The lowest BCUT2D eigenvalue weighted by molar-refractivity contribution is 0.477. The molecule has 5 nitrogen and oxygen atoms in total. The summed E-state index contributed by atoms with van der Waals surface area (Å²) in [5.74, 6) is 0.229. The minimum atomic E-state index is 0.00496. The molecule has 0 aliphatic heterocycles. The average Bonchev–Trinajstić information content (AvgIpc) is 2.83. The van der Waals surface area contributed by atoms with E-state index in [-0.39, 0.29) is 11.6 Å². The first-order valence-electron chi connectivity index (χ1n) is 6.13. The van der Waals surface area contributed by atoms with Crippen molar-refractivity contribution in [1.82, 2.24) is 15.0 Å². The second-order valence-electron chi connectivity index (χ2n) is 4.49. The maximum atomic E-state index is 9.95. The van der Waals surface area contributed by atoms with Crippen molar-refractivity contribution in [2.75, 3.05) is 5.73 Å². The number of halogens is 3. The number of nitrogens with zero attached hydrogens (tertiary/aromatic N) is 3. The number of hydrogen-bond acceptors (Lipinski definition) is 4. The number of aromatic nitrogens is 3. The molecule has 0 saturated carbocycles. The van der Waals surface area contributed by atoms with Gasteiger partial charge < -0.3 is 10.8 Å². The number of phenolic OH excluding ortho intramolecular Hbond substituents is 1. The van der Waals surface area contributed by atoms with E-state index in [1.54, 1.807) is 30.3 Å². The van der Waals surface area contributed by atoms with Crippen molar-refractivity contribution in [2.45, 2.75) is 0 Å². The van der Waals surface area contributed by atoms with Crippen molar-refractivity contribution >= 4 is 40.6 Å². The Hall–Kier alpha value is -1.95. The summed E-state index contributed by atoms with van der Waals surface area (Å²) in [4.78, 5) is 0. The van der Waals surface area contributed by atoms with Gasteiger partial charge in [-0.15, -0.1) is 5.10 Å². The predicted molar refractivity (Wildman–Crippen MR) is 87.9 cm³/mol. The lowest BCUT2D eigenvalue weighted by atomic mass is 10.1. The van der Waals surface area contributed by atoms with Crippen LogP contribution < -0.4 is 5.73 Å². The van der Waals surface area contributed by atoms with E-state index in [9.17, 15) is 5.11 Å². The summed E-state index contributed by atoms with van der Waals surface area (Å²) < 4.78 is 1.37. The number of rotatable bonds is 2. The Labute approximate surface area is 140 Å². The summed E-state index contributed by atoms with van der Waals surface area (Å²) in [7, 11) is 0. The molecule has 0 bridgehead atoms. The third kappa shape index (κ3) is 2.59. The molecule has 3 N–H and O–H groups in total. The maximum Gasteiger partial charge on any atom is 0.156 e. The van der Waals surface area contributed by atoms with Crippen LogP contribution in [0.25, 0.3) is 16.9 Å². The molecule has 8 heteroatoms. The number of anilines is 1. The second kappa shape index (κ2) is 5.68. The van der Waals surface area contributed by atoms with E-state index < -0.39 is 0 Å². The summed E-state index contributed by atoms with van der Waals surface area (Å²) in [5.41, 5.74) is 7.32. The van der Waals surface area contributed by atoms with Gasteiger partial charge in [-0.3, -0.25) is 0 Å². The van der Waals surface area contributed by atoms with E-state index in [2.05, 4.69) is 10.3 Å². The van der Waals surface area contributed by atoms with Crippen molar-refractivity contribution < 1.29 is 5.11 Å². The van der Waals surface area contributed by atoms with E-state index >= 15 is 0 Å². The Bertz CT molecular complexity index is 863.